The Morgan fingerprint density at radius 3 is 2.44 bits per heavy atom. The van der Waals surface area contributed by atoms with Crippen LogP contribution in [0.25, 0.3) is 0 Å². The Balaban J connectivity index is 1.95. The summed E-state index contributed by atoms with van der Waals surface area (Å²) in [7, 11) is 0. The third kappa shape index (κ3) is 3.35. The Kier molecular flexibility index (Phi) is 4.48. The average Bonchev–Trinajstić information content (AvgIpc) is 2.69. The monoisotopic (exact) mass is 400 g/mol. The van der Waals surface area contributed by atoms with Crippen molar-refractivity contribution in [1.82, 2.24) is 0 Å². The molecule has 0 saturated heterocycles. The van der Waals surface area contributed by atoms with Crippen molar-refractivity contribution in [2.45, 2.75) is 39.7 Å². The Hall–Kier alpha value is -1.97. The van der Waals surface area contributed by atoms with Crippen molar-refractivity contribution in [2.24, 2.45) is 5.41 Å². The van der Waals surface area contributed by atoms with E-state index in [0.29, 0.717) is 16.5 Å². The zero-order chi connectivity index (χ0) is 19.3. The maximum absolute atomic E-state index is 13.2. The van der Waals surface area contributed by atoms with Crippen molar-refractivity contribution in [3.63, 3.8) is 0 Å². The molecule has 0 aromatic heterocycles. The molecule has 27 heavy (non-hydrogen) atoms. The number of rotatable bonds is 1. The minimum Gasteiger partial charge on any atom is -0.372 e. The van der Waals surface area contributed by atoms with E-state index in [1.165, 1.54) is 0 Å². The van der Waals surface area contributed by atoms with Crippen molar-refractivity contribution in [2.75, 3.05) is 10.6 Å². The van der Waals surface area contributed by atoms with Crippen LogP contribution in [0, 0.1) is 12.3 Å². The number of anilines is 2. The van der Waals surface area contributed by atoms with Crippen LogP contribution in [0.15, 0.2) is 47.7 Å². The third-order valence-electron chi connectivity index (χ3n) is 5.26. The van der Waals surface area contributed by atoms with Crippen molar-refractivity contribution >= 4 is 40.4 Å². The van der Waals surface area contributed by atoms with E-state index in [4.69, 9.17) is 23.2 Å². The molecule has 0 radical (unpaired) electrons. The molecule has 1 aliphatic heterocycles. The number of Topliss-reactive ketones (excluding diaryl/α,β-unsaturated/α-hetero) is 1. The van der Waals surface area contributed by atoms with Gasteiger partial charge in [0, 0.05) is 33.3 Å². The lowest BCUT2D eigenvalue weighted by atomic mass is 9.73. The fourth-order valence-electron chi connectivity index (χ4n) is 4.06. The molecule has 0 amide bonds. The van der Waals surface area contributed by atoms with Gasteiger partial charge in [0.2, 0.25) is 0 Å². The minimum absolute atomic E-state index is 0.0903. The van der Waals surface area contributed by atoms with Gasteiger partial charge in [0.15, 0.2) is 5.78 Å². The summed E-state index contributed by atoms with van der Waals surface area (Å²) < 4.78 is 0. The number of carbonyl (C=O) groups excluding carboxylic acids is 1. The van der Waals surface area contributed by atoms with Crippen molar-refractivity contribution in [1.29, 1.82) is 0 Å². The predicted molar refractivity (Wildman–Crippen MR) is 113 cm³/mol. The van der Waals surface area contributed by atoms with E-state index < -0.39 is 0 Å². The SMILES string of the molecule is Cc1ccc2c(c1)N[C@H](c1c(Cl)cccc1Cl)C1=C(CC(C)(C)CC1=O)N2. The molecule has 2 N–H and O–H groups in total. The molecular formula is C22H22Cl2N2O. The summed E-state index contributed by atoms with van der Waals surface area (Å²) in [6.07, 6.45) is 1.30. The van der Waals surface area contributed by atoms with Crippen molar-refractivity contribution in [3.8, 4) is 0 Å². The molecule has 1 heterocycles. The van der Waals surface area contributed by atoms with Crippen LogP contribution >= 0.6 is 23.2 Å². The zero-order valence-electron chi connectivity index (χ0n) is 15.6. The smallest absolute Gasteiger partial charge is 0.163 e. The third-order valence-corrected chi connectivity index (χ3v) is 5.92. The van der Waals surface area contributed by atoms with E-state index in [2.05, 4.69) is 36.6 Å². The average molecular weight is 401 g/mol. The molecule has 4 rings (SSSR count). The highest BCUT2D eigenvalue weighted by molar-refractivity contribution is 6.36. The van der Waals surface area contributed by atoms with E-state index in [1.54, 1.807) is 0 Å². The molecule has 2 aromatic carbocycles. The van der Waals surface area contributed by atoms with Crippen LogP contribution < -0.4 is 10.6 Å². The quantitative estimate of drug-likeness (QED) is 0.571. The van der Waals surface area contributed by atoms with E-state index in [-0.39, 0.29) is 17.2 Å². The van der Waals surface area contributed by atoms with Gasteiger partial charge in [-0.3, -0.25) is 4.79 Å². The van der Waals surface area contributed by atoms with Crippen LogP contribution in [-0.2, 0) is 4.79 Å². The molecule has 0 unspecified atom stereocenters. The second-order valence-electron chi connectivity index (χ2n) is 8.22. The largest absolute Gasteiger partial charge is 0.372 e. The lowest BCUT2D eigenvalue weighted by Gasteiger charge is -2.34. The van der Waals surface area contributed by atoms with Crippen molar-refractivity contribution < 1.29 is 4.79 Å². The Morgan fingerprint density at radius 2 is 1.74 bits per heavy atom. The standard InChI is InChI=1S/C22H22Cl2N2O/c1-12-7-8-15-16(9-12)26-21(19-13(23)5-4-6-14(19)24)20-17(25-15)10-22(2,3)11-18(20)27/h4-9,21,25-26H,10-11H2,1-3H3/t21-/m1/s1. The number of hydrogen-bond acceptors (Lipinski definition) is 3. The molecule has 5 heteroatoms. The molecule has 3 nitrogen and oxygen atoms in total. The van der Waals surface area contributed by atoms with Gasteiger partial charge < -0.3 is 10.6 Å². The first-order chi connectivity index (χ1) is 12.7. The molecule has 1 aliphatic carbocycles. The number of allylic oxidation sites excluding steroid dienone is 1. The van der Waals surface area contributed by atoms with Crippen molar-refractivity contribution in [3.05, 3.63) is 68.8 Å². The summed E-state index contributed by atoms with van der Waals surface area (Å²) in [6.45, 7) is 6.30. The number of benzene rings is 2. The fraction of sp³-hybridized carbons (Fsp3) is 0.318. The first-order valence-electron chi connectivity index (χ1n) is 9.09. The number of hydrogen-bond donors (Lipinski definition) is 2. The van der Waals surface area contributed by atoms with E-state index in [9.17, 15) is 4.79 Å². The fourth-order valence-corrected chi connectivity index (χ4v) is 4.68. The van der Waals surface area contributed by atoms with Gasteiger partial charge in [-0.25, -0.2) is 0 Å². The Morgan fingerprint density at radius 1 is 1.04 bits per heavy atom. The van der Waals surface area contributed by atoms with E-state index in [1.807, 2.05) is 31.2 Å². The highest BCUT2D eigenvalue weighted by Gasteiger charge is 2.39. The Bertz CT molecular complexity index is 958. The van der Waals surface area contributed by atoms with Crippen LogP contribution in [0.4, 0.5) is 11.4 Å². The summed E-state index contributed by atoms with van der Waals surface area (Å²) in [5.74, 6) is 0.131. The second kappa shape index (κ2) is 6.57. The molecule has 140 valence electrons. The number of aryl methyl sites for hydroxylation is 1. The predicted octanol–water partition coefficient (Wildman–Crippen LogP) is 6.52. The number of ketones is 1. The molecule has 2 aromatic rings. The van der Waals surface area contributed by atoms with Gasteiger partial charge in [-0.1, -0.05) is 49.2 Å². The number of carbonyl (C=O) groups is 1. The van der Waals surface area contributed by atoms with Gasteiger partial charge in [-0.2, -0.15) is 0 Å². The molecule has 0 bridgehead atoms. The lowest BCUT2D eigenvalue weighted by molar-refractivity contribution is -0.118. The number of halogens is 2. The maximum atomic E-state index is 13.2. The Labute approximate surface area is 169 Å². The lowest BCUT2D eigenvalue weighted by Crippen LogP contribution is -2.31. The van der Waals surface area contributed by atoms with Gasteiger partial charge >= 0.3 is 0 Å². The number of fused-ring (bicyclic) bond motifs is 1. The molecule has 1 atom stereocenters. The number of nitrogens with one attached hydrogen (secondary N) is 2. The van der Waals surface area contributed by atoms with Crippen LogP contribution in [0.5, 0.6) is 0 Å². The molecule has 2 aliphatic rings. The van der Waals surface area contributed by atoms with Gasteiger partial charge in [-0.05, 0) is 48.6 Å². The normalized spacial score (nSPS) is 20.9. The van der Waals surface area contributed by atoms with Crippen LogP contribution in [0.3, 0.4) is 0 Å². The first-order valence-corrected chi connectivity index (χ1v) is 9.85. The van der Waals surface area contributed by atoms with E-state index >= 15 is 0 Å². The highest BCUT2D eigenvalue weighted by Crippen LogP contribution is 2.47. The summed E-state index contributed by atoms with van der Waals surface area (Å²) in [6, 6.07) is 11.3. The van der Waals surface area contributed by atoms with Gasteiger partial charge in [0.1, 0.15) is 0 Å². The summed E-state index contributed by atoms with van der Waals surface area (Å²) in [5, 5.41) is 8.18. The van der Waals surface area contributed by atoms with E-state index in [0.717, 1.165) is 40.2 Å². The summed E-state index contributed by atoms with van der Waals surface area (Å²) >= 11 is 13.1. The maximum Gasteiger partial charge on any atom is 0.163 e. The van der Waals surface area contributed by atoms with Crippen LogP contribution in [0.2, 0.25) is 10.0 Å². The molecular weight excluding hydrogens is 379 g/mol. The summed E-state index contributed by atoms with van der Waals surface area (Å²) in [4.78, 5) is 13.2. The van der Waals surface area contributed by atoms with Gasteiger partial charge in [0.25, 0.3) is 0 Å². The topological polar surface area (TPSA) is 41.1 Å². The van der Waals surface area contributed by atoms with Crippen LogP contribution in [0.1, 0.15) is 43.9 Å². The van der Waals surface area contributed by atoms with Crippen LogP contribution in [-0.4, -0.2) is 5.78 Å². The zero-order valence-corrected chi connectivity index (χ0v) is 17.1. The second-order valence-corrected chi connectivity index (χ2v) is 9.03. The molecule has 0 saturated carbocycles. The highest BCUT2D eigenvalue weighted by atomic mass is 35.5. The minimum atomic E-state index is -0.389. The molecule has 0 fully saturated rings. The van der Waals surface area contributed by atoms with Gasteiger partial charge in [-0.15, -0.1) is 0 Å². The van der Waals surface area contributed by atoms with Gasteiger partial charge in [0.05, 0.1) is 17.4 Å². The first kappa shape index (κ1) is 18.4. The molecule has 0 spiro atoms. The summed E-state index contributed by atoms with van der Waals surface area (Å²) in [5.41, 5.74) is 5.38.